The highest BCUT2D eigenvalue weighted by Gasteiger charge is 2.46. The molecule has 0 bridgehead atoms. The lowest BCUT2D eigenvalue weighted by atomic mass is 9.89. The van der Waals surface area contributed by atoms with Gasteiger partial charge in [0, 0.05) is 11.1 Å². The predicted octanol–water partition coefficient (Wildman–Crippen LogP) is 2.26. The van der Waals surface area contributed by atoms with Crippen molar-refractivity contribution in [1.82, 2.24) is 0 Å². The average Bonchev–Trinajstić information content (AvgIpc) is 2.50. The molecule has 0 fully saturated rings. The van der Waals surface area contributed by atoms with Crippen LogP contribution in [0.4, 0.5) is 5.69 Å². The summed E-state index contributed by atoms with van der Waals surface area (Å²) in [5, 5.41) is 10.0. The molecule has 0 aromatic heterocycles. The van der Waals surface area contributed by atoms with Crippen LogP contribution in [0.2, 0.25) is 0 Å². The number of para-hydroxylation sites is 1. The van der Waals surface area contributed by atoms with E-state index in [4.69, 9.17) is 0 Å². The largest absolute Gasteiger partial charge is 0.378 e. The fraction of sp³-hybridized carbons (Fsp3) is 0.357. The van der Waals surface area contributed by atoms with Gasteiger partial charge in [0.1, 0.15) is 0 Å². The Morgan fingerprint density at radius 1 is 1.35 bits per heavy atom. The van der Waals surface area contributed by atoms with Gasteiger partial charge in [-0.3, -0.25) is 9.69 Å². The molecule has 17 heavy (non-hydrogen) atoms. The molecule has 0 saturated carbocycles. The lowest BCUT2D eigenvalue weighted by Crippen LogP contribution is -2.47. The minimum absolute atomic E-state index is 0.221. The van der Waals surface area contributed by atoms with Crippen molar-refractivity contribution < 1.29 is 9.90 Å². The fourth-order valence-electron chi connectivity index (χ4n) is 2.96. The summed E-state index contributed by atoms with van der Waals surface area (Å²) >= 11 is 0. The molecule has 88 valence electrons. The van der Waals surface area contributed by atoms with Crippen molar-refractivity contribution in [3.05, 3.63) is 35.4 Å². The van der Waals surface area contributed by atoms with Gasteiger partial charge in [-0.2, -0.15) is 0 Å². The Kier molecular flexibility index (Phi) is 1.85. The van der Waals surface area contributed by atoms with Gasteiger partial charge in [0.05, 0.1) is 11.2 Å². The van der Waals surface area contributed by atoms with Crippen molar-refractivity contribution in [3.8, 4) is 0 Å². The fourth-order valence-corrected chi connectivity index (χ4v) is 2.96. The molecular formula is C14H15NO2. The van der Waals surface area contributed by atoms with Gasteiger partial charge in [0.2, 0.25) is 0 Å². The monoisotopic (exact) mass is 229 g/mol. The van der Waals surface area contributed by atoms with Gasteiger partial charge >= 0.3 is 0 Å². The summed E-state index contributed by atoms with van der Waals surface area (Å²) in [5.41, 5.74) is 3.45. The van der Waals surface area contributed by atoms with Crippen molar-refractivity contribution in [3.63, 3.8) is 0 Å². The van der Waals surface area contributed by atoms with Crippen molar-refractivity contribution in [2.24, 2.45) is 0 Å². The van der Waals surface area contributed by atoms with Crippen LogP contribution in [-0.4, -0.2) is 16.6 Å². The molecule has 0 spiro atoms. The normalized spacial score (nSPS) is 24.7. The Bertz CT molecular complexity index is 557. The molecule has 1 atom stereocenters. The Hall–Kier alpha value is -1.61. The SMILES string of the molecule is CC1=CC(C)(C)N2C(=O)C(O)c3cccc1c32. The van der Waals surface area contributed by atoms with E-state index in [1.165, 1.54) is 0 Å². The molecule has 2 aliphatic heterocycles. The van der Waals surface area contributed by atoms with E-state index in [1.807, 2.05) is 39.0 Å². The van der Waals surface area contributed by atoms with Crippen LogP contribution >= 0.6 is 0 Å². The third kappa shape index (κ3) is 1.17. The number of hydrogen-bond donors (Lipinski definition) is 1. The zero-order valence-corrected chi connectivity index (χ0v) is 10.2. The van der Waals surface area contributed by atoms with Crippen molar-refractivity contribution in [2.45, 2.75) is 32.4 Å². The smallest absolute Gasteiger partial charge is 0.261 e. The lowest BCUT2D eigenvalue weighted by Gasteiger charge is -2.38. The molecule has 2 aliphatic rings. The number of amides is 1. The first kappa shape index (κ1) is 10.5. The first-order valence-corrected chi connectivity index (χ1v) is 5.78. The van der Waals surface area contributed by atoms with Gasteiger partial charge in [-0.05, 0) is 26.3 Å². The van der Waals surface area contributed by atoms with Gasteiger partial charge in [0.15, 0.2) is 6.10 Å². The van der Waals surface area contributed by atoms with E-state index in [-0.39, 0.29) is 11.4 Å². The molecular weight excluding hydrogens is 214 g/mol. The van der Waals surface area contributed by atoms with E-state index in [1.54, 1.807) is 4.90 Å². The van der Waals surface area contributed by atoms with Gasteiger partial charge in [-0.15, -0.1) is 0 Å². The van der Waals surface area contributed by atoms with Gasteiger partial charge in [-0.25, -0.2) is 0 Å². The molecule has 1 aromatic carbocycles. The number of rotatable bonds is 0. The van der Waals surface area contributed by atoms with Crippen molar-refractivity contribution in [1.29, 1.82) is 0 Å². The third-order valence-corrected chi connectivity index (χ3v) is 3.61. The number of hydrogen-bond acceptors (Lipinski definition) is 2. The molecule has 2 heterocycles. The molecule has 0 aliphatic carbocycles. The first-order valence-electron chi connectivity index (χ1n) is 5.78. The van der Waals surface area contributed by atoms with E-state index < -0.39 is 6.10 Å². The molecule has 3 heteroatoms. The topological polar surface area (TPSA) is 40.5 Å². The van der Waals surface area contributed by atoms with Crippen LogP contribution < -0.4 is 4.90 Å². The number of carbonyl (C=O) groups excluding carboxylic acids is 1. The standard InChI is InChI=1S/C14H15NO2/c1-8-7-14(2,3)15-11-9(8)5-4-6-10(11)12(16)13(15)17/h4-7,12,16H,1-3H3. The number of aliphatic hydroxyl groups excluding tert-OH is 1. The molecule has 3 nitrogen and oxygen atoms in total. The molecule has 1 amide bonds. The minimum atomic E-state index is -1.01. The minimum Gasteiger partial charge on any atom is -0.378 e. The summed E-state index contributed by atoms with van der Waals surface area (Å²) in [6.45, 7) is 6.03. The van der Waals surface area contributed by atoms with Crippen LogP contribution in [0.15, 0.2) is 24.3 Å². The van der Waals surface area contributed by atoms with Gasteiger partial charge in [-0.1, -0.05) is 24.3 Å². The number of benzene rings is 1. The van der Waals surface area contributed by atoms with Crippen LogP contribution in [0.1, 0.15) is 38.0 Å². The highest BCUT2D eigenvalue weighted by molar-refractivity contribution is 6.09. The summed E-state index contributed by atoms with van der Waals surface area (Å²) in [6.07, 6.45) is 1.07. The second-order valence-electron chi connectivity index (χ2n) is 5.30. The number of anilines is 1. The second-order valence-corrected chi connectivity index (χ2v) is 5.30. The van der Waals surface area contributed by atoms with E-state index in [0.29, 0.717) is 0 Å². The number of allylic oxidation sites excluding steroid dienone is 1. The summed E-state index contributed by atoms with van der Waals surface area (Å²) in [5.74, 6) is -0.221. The maximum absolute atomic E-state index is 12.1. The first-order chi connectivity index (χ1) is 7.93. The van der Waals surface area contributed by atoms with E-state index in [0.717, 1.165) is 22.4 Å². The van der Waals surface area contributed by atoms with E-state index >= 15 is 0 Å². The Labute approximate surface area is 100 Å². The summed E-state index contributed by atoms with van der Waals surface area (Å²) < 4.78 is 0. The summed E-state index contributed by atoms with van der Waals surface area (Å²) in [4.78, 5) is 13.9. The van der Waals surface area contributed by atoms with Gasteiger partial charge < -0.3 is 5.11 Å². The maximum atomic E-state index is 12.1. The van der Waals surface area contributed by atoms with Crippen molar-refractivity contribution >= 4 is 17.2 Å². The Morgan fingerprint density at radius 3 is 2.76 bits per heavy atom. The molecule has 0 radical (unpaired) electrons. The average molecular weight is 229 g/mol. The lowest BCUT2D eigenvalue weighted by molar-refractivity contribution is -0.126. The van der Waals surface area contributed by atoms with Crippen LogP contribution in [0.25, 0.3) is 5.57 Å². The number of carbonyl (C=O) groups is 1. The second kappa shape index (κ2) is 2.99. The highest BCUT2D eigenvalue weighted by atomic mass is 16.3. The zero-order valence-electron chi connectivity index (χ0n) is 10.2. The van der Waals surface area contributed by atoms with Crippen LogP contribution in [0, 0.1) is 0 Å². The predicted molar refractivity (Wildman–Crippen MR) is 66.6 cm³/mol. The summed E-state index contributed by atoms with van der Waals surface area (Å²) in [7, 11) is 0. The Balaban J connectivity index is 2.37. The number of nitrogens with zero attached hydrogens (tertiary/aromatic N) is 1. The maximum Gasteiger partial charge on any atom is 0.261 e. The molecule has 1 unspecified atom stereocenters. The third-order valence-electron chi connectivity index (χ3n) is 3.61. The Morgan fingerprint density at radius 2 is 2.06 bits per heavy atom. The summed E-state index contributed by atoms with van der Waals surface area (Å²) in [6, 6.07) is 5.72. The van der Waals surface area contributed by atoms with E-state index in [9.17, 15) is 9.90 Å². The molecule has 3 rings (SSSR count). The van der Waals surface area contributed by atoms with Crippen LogP contribution in [-0.2, 0) is 4.79 Å². The van der Waals surface area contributed by atoms with E-state index in [2.05, 4.69) is 6.08 Å². The number of aliphatic hydroxyl groups is 1. The van der Waals surface area contributed by atoms with Crippen molar-refractivity contribution in [2.75, 3.05) is 4.90 Å². The highest BCUT2D eigenvalue weighted by Crippen LogP contribution is 2.48. The zero-order chi connectivity index (χ0) is 12.4. The van der Waals surface area contributed by atoms with Crippen LogP contribution in [0.3, 0.4) is 0 Å². The molecule has 1 N–H and O–H groups in total. The molecule has 1 aromatic rings. The quantitative estimate of drug-likeness (QED) is 0.741. The van der Waals surface area contributed by atoms with Gasteiger partial charge in [0.25, 0.3) is 5.91 Å². The van der Waals surface area contributed by atoms with Crippen LogP contribution in [0.5, 0.6) is 0 Å². The molecule has 0 saturated heterocycles.